The van der Waals surface area contributed by atoms with Crippen molar-refractivity contribution in [3.05, 3.63) is 221 Å². The van der Waals surface area contributed by atoms with Crippen molar-refractivity contribution in [2.24, 2.45) is 0 Å². The number of benzene rings is 9. The fourth-order valence-corrected chi connectivity index (χ4v) is 11.4. The van der Waals surface area contributed by atoms with Crippen LogP contribution in [0.1, 0.15) is 103 Å². The van der Waals surface area contributed by atoms with Crippen LogP contribution >= 0.6 is 0 Å². The van der Waals surface area contributed by atoms with E-state index in [0.29, 0.717) is 0 Å². The third kappa shape index (κ3) is 6.80. The fourth-order valence-electron chi connectivity index (χ4n) is 11.4. The number of fused-ring (bicyclic) bond motifs is 7. The van der Waals surface area contributed by atoms with Crippen LogP contribution in [0.25, 0.3) is 66.4 Å². The molecule has 9 aromatic rings. The van der Waals surface area contributed by atoms with E-state index >= 15 is 0 Å². The number of para-hydroxylation sites is 2. The summed E-state index contributed by atoms with van der Waals surface area (Å²) in [5, 5.41) is 2.50. The number of hydrogen-bond donors (Lipinski definition) is 0. The molecule has 0 atom stereocenters. The minimum absolute atomic E-state index is 0.00832. The summed E-state index contributed by atoms with van der Waals surface area (Å²) in [5.74, 6) is 0. The second-order valence-corrected chi connectivity index (χ2v) is 22.2. The molecule has 0 amide bonds. The molecule has 0 saturated carbocycles. The fraction of sp³-hybridized carbons (Fsp3) is 0.212. The molecule has 11 rings (SSSR count). The Morgan fingerprint density at radius 3 is 1.45 bits per heavy atom. The Kier molecular flexibility index (Phi) is 9.74. The van der Waals surface area contributed by atoms with Crippen molar-refractivity contribution in [2.45, 2.75) is 90.9 Å². The van der Waals surface area contributed by atoms with Crippen LogP contribution in [-0.2, 0) is 21.7 Å². The molecule has 2 aliphatic rings. The van der Waals surface area contributed by atoms with E-state index in [1.165, 1.54) is 105 Å². The second kappa shape index (κ2) is 15.3. The Morgan fingerprint density at radius 2 is 0.791 bits per heavy atom. The van der Waals surface area contributed by atoms with Gasteiger partial charge in [-0.2, -0.15) is 0 Å². The zero-order valence-electron chi connectivity index (χ0n) is 40.8. The molecule has 0 unspecified atom stereocenters. The van der Waals surface area contributed by atoms with Crippen molar-refractivity contribution in [2.75, 3.05) is 4.90 Å². The summed E-state index contributed by atoms with van der Waals surface area (Å²) in [6.07, 6.45) is 0. The maximum Gasteiger partial charge on any atom is 0.0543 e. The molecule has 1 nitrogen and oxygen atoms in total. The van der Waals surface area contributed by atoms with Gasteiger partial charge in [0.2, 0.25) is 0 Å². The van der Waals surface area contributed by atoms with E-state index in [2.05, 4.69) is 262 Å². The van der Waals surface area contributed by atoms with E-state index in [9.17, 15) is 0 Å². The molecule has 0 radical (unpaired) electrons. The van der Waals surface area contributed by atoms with Crippen molar-refractivity contribution < 1.29 is 0 Å². The molecule has 0 spiro atoms. The molecule has 2 aliphatic carbocycles. The van der Waals surface area contributed by atoms with Crippen LogP contribution in [0.15, 0.2) is 188 Å². The van der Waals surface area contributed by atoms with Gasteiger partial charge in [-0.25, -0.2) is 0 Å². The van der Waals surface area contributed by atoms with Gasteiger partial charge in [-0.1, -0.05) is 233 Å². The van der Waals surface area contributed by atoms with Crippen LogP contribution in [-0.4, -0.2) is 0 Å². The Bertz CT molecular complexity index is 3400. The van der Waals surface area contributed by atoms with Crippen molar-refractivity contribution in [3.63, 3.8) is 0 Å². The predicted octanol–water partition coefficient (Wildman–Crippen LogP) is 18.5. The molecule has 0 bridgehead atoms. The lowest BCUT2D eigenvalue weighted by atomic mass is 9.78. The van der Waals surface area contributed by atoms with E-state index in [4.69, 9.17) is 0 Å². The highest BCUT2D eigenvalue weighted by atomic mass is 15.2. The predicted molar refractivity (Wildman–Crippen MR) is 287 cm³/mol. The third-order valence-corrected chi connectivity index (χ3v) is 15.2. The van der Waals surface area contributed by atoms with Gasteiger partial charge in [0.15, 0.2) is 0 Å². The van der Waals surface area contributed by atoms with E-state index in [1.54, 1.807) is 0 Å². The monoisotopic (exact) mass is 867 g/mol. The molecule has 0 fully saturated rings. The van der Waals surface area contributed by atoms with Crippen LogP contribution in [0.4, 0.5) is 17.1 Å². The summed E-state index contributed by atoms with van der Waals surface area (Å²) in [6.45, 7) is 23.5. The van der Waals surface area contributed by atoms with Crippen LogP contribution in [0, 0.1) is 0 Å². The van der Waals surface area contributed by atoms with Gasteiger partial charge in [-0.05, 0) is 118 Å². The average Bonchev–Trinajstić information content (AvgIpc) is 3.70. The average molecular weight is 868 g/mol. The van der Waals surface area contributed by atoms with E-state index in [0.717, 1.165) is 11.4 Å². The summed E-state index contributed by atoms with van der Waals surface area (Å²) in [6, 6.07) is 71.4. The smallest absolute Gasteiger partial charge is 0.0543 e. The lowest BCUT2D eigenvalue weighted by Gasteiger charge is -2.32. The summed E-state index contributed by atoms with van der Waals surface area (Å²) < 4.78 is 0. The summed E-state index contributed by atoms with van der Waals surface area (Å²) in [7, 11) is 0. The lowest BCUT2D eigenvalue weighted by Crippen LogP contribution is -2.17. The Morgan fingerprint density at radius 1 is 0.328 bits per heavy atom. The normalized spacial score (nSPS) is 14.4. The van der Waals surface area contributed by atoms with Gasteiger partial charge in [0.25, 0.3) is 0 Å². The number of nitrogens with zero attached hydrogens (tertiary/aromatic N) is 1. The minimum Gasteiger partial charge on any atom is -0.309 e. The third-order valence-electron chi connectivity index (χ3n) is 15.2. The number of anilines is 3. The SMILES string of the molecule is CC(C)(C)c1cc(-c2cccc3cccc(-c4ccccc4N(c4ccccc4-c4ccc5c(c4)C(C)(C)c4ccccc4-5)c4cccc5c4-c4ccccc4C5(C)C)c23)cc(C(C)(C)C)c1. The molecule has 0 N–H and O–H groups in total. The summed E-state index contributed by atoms with van der Waals surface area (Å²) >= 11 is 0. The van der Waals surface area contributed by atoms with Gasteiger partial charge in [-0.15, -0.1) is 0 Å². The molecular weight excluding hydrogens is 807 g/mol. The van der Waals surface area contributed by atoms with Crippen LogP contribution in [0.3, 0.4) is 0 Å². The highest BCUT2D eigenvalue weighted by Gasteiger charge is 2.39. The molecule has 0 heterocycles. The number of hydrogen-bond acceptors (Lipinski definition) is 1. The first-order valence-electron chi connectivity index (χ1n) is 24.2. The van der Waals surface area contributed by atoms with Gasteiger partial charge in [0, 0.05) is 27.5 Å². The van der Waals surface area contributed by atoms with Crippen molar-refractivity contribution >= 4 is 27.8 Å². The minimum atomic E-state index is -0.161. The molecular formula is C66H61N. The zero-order valence-corrected chi connectivity index (χ0v) is 40.8. The largest absolute Gasteiger partial charge is 0.309 e. The van der Waals surface area contributed by atoms with E-state index < -0.39 is 0 Å². The maximum atomic E-state index is 2.59. The molecule has 330 valence electrons. The first-order chi connectivity index (χ1) is 32.0. The Labute approximate surface area is 398 Å². The standard InChI is InChI=1S/C66H61N/c1-63(2,3)45-38-44(39-46(41-45)64(4,5)6)48-28-19-22-42-23-20-29-52(61(42)48)51-26-14-18-34-59(51)67(60-35-21-32-56-62(60)53-27-12-16-31-55(53)65(56,7)8)58-33-17-13-24-47(58)43-36-37-50-49-25-11-15-30-54(49)66(9,10)57(50)40-43/h11-41H,1-10H3. The quantitative estimate of drug-likeness (QED) is 0.161. The van der Waals surface area contributed by atoms with Gasteiger partial charge in [0.1, 0.15) is 0 Å². The van der Waals surface area contributed by atoms with Crippen LogP contribution in [0.5, 0.6) is 0 Å². The highest BCUT2D eigenvalue weighted by Crippen LogP contribution is 2.57. The molecule has 0 aliphatic heterocycles. The van der Waals surface area contributed by atoms with Crippen molar-refractivity contribution in [1.29, 1.82) is 0 Å². The topological polar surface area (TPSA) is 3.24 Å². The number of rotatable bonds is 6. The molecule has 0 aromatic heterocycles. The van der Waals surface area contributed by atoms with Crippen LogP contribution in [0.2, 0.25) is 0 Å². The highest BCUT2D eigenvalue weighted by molar-refractivity contribution is 6.10. The second-order valence-electron chi connectivity index (χ2n) is 22.2. The van der Waals surface area contributed by atoms with Gasteiger partial charge in [-0.3, -0.25) is 0 Å². The van der Waals surface area contributed by atoms with E-state index in [1.807, 2.05) is 0 Å². The van der Waals surface area contributed by atoms with Crippen molar-refractivity contribution in [3.8, 4) is 55.6 Å². The van der Waals surface area contributed by atoms with Crippen molar-refractivity contribution in [1.82, 2.24) is 0 Å². The molecule has 67 heavy (non-hydrogen) atoms. The molecule has 0 saturated heterocycles. The zero-order chi connectivity index (χ0) is 46.6. The lowest BCUT2D eigenvalue weighted by molar-refractivity contribution is 0.569. The summed E-state index contributed by atoms with van der Waals surface area (Å²) in [5.41, 5.74) is 24.0. The Hall–Kier alpha value is -6.96. The van der Waals surface area contributed by atoms with Gasteiger partial charge >= 0.3 is 0 Å². The first-order valence-corrected chi connectivity index (χ1v) is 24.2. The summed E-state index contributed by atoms with van der Waals surface area (Å²) in [4.78, 5) is 2.59. The van der Waals surface area contributed by atoms with Gasteiger partial charge in [0.05, 0.1) is 17.1 Å². The van der Waals surface area contributed by atoms with Gasteiger partial charge < -0.3 is 4.90 Å². The molecule has 1 heteroatoms. The Balaban J connectivity index is 1.19. The van der Waals surface area contributed by atoms with E-state index in [-0.39, 0.29) is 21.7 Å². The molecule has 9 aromatic carbocycles. The first kappa shape index (κ1) is 42.7. The maximum absolute atomic E-state index is 2.59. The van der Waals surface area contributed by atoms with Crippen LogP contribution < -0.4 is 4.90 Å².